The molecule has 1 rings (SSSR count). The van der Waals surface area contributed by atoms with Crippen LogP contribution in [-0.2, 0) is 16.1 Å². The third-order valence-electron chi connectivity index (χ3n) is 2.27. The van der Waals surface area contributed by atoms with E-state index in [0.29, 0.717) is 6.61 Å². The summed E-state index contributed by atoms with van der Waals surface area (Å²) in [7, 11) is 0. The summed E-state index contributed by atoms with van der Waals surface area (Å²) in [4.78, 5) is 18.2. The molecule has 0 aliphatic rings. The third-order valence-corrected chi connectivity index (χ3v) is 13.0. The van der Waals surface area contributed by atoms with Crippen LogP contribution in [0.15, 0.2) is 30.3 Å². The van der Waals surface area contributed by atoms with Crippen LogP contribution in [0.1, 0.15) is 5.56 Å². The standard InChI is InChI=1S/C9H9O2S.3CH3.Sn/c10-9(7-12)11-6-8-4-2-1-3-5-8;;;;/h1-5,7,12H,6H2;3*1H3;. The molecule has 88 valence electrons. The van der Waals surface area contributed by atoms with E-state index in [1.807, 2.05) is 30.3 Å². The van der Waals surface area contributed by atoms with Crippen LogP contribution < -0.4 is 0 Å². The summed E-state index contributed by atoms with van der Waals surface area (Å²) in [5.74, 6) is -0.171. The summed E-state index contributed by atoms with van der Waals surface area (Å²) < 4.78 is 5.07. The van der Waals surface area contributed by atoms with Gasteiger partial charge in [0.05, 0.1) is 0 Å². The molecule has 0 amide bonds. The summed E-state index contributed by atoms with van der Waals surface area (Å²) in [6.45, 7) is 0.346. The normalized spacial score (nSPS) is 13.2. The monoisotopic (exact) mass is 346 g/mol. The first-order valence-corrected chi connectivity index (χ1v) is 16.0. The van der Waals surface area contributed by atoms with Crippen LogP contribution in [0.3, 0.4) is 0 Å². The van der Waals surface area contributed by atoms with Gasteiger partial charge in [-0.2, -0.15) is 0 Å². The zero-order valence-corrected chi connectivity index (χ0v) is 13.7. The number of carbonyl (C=O) groups excluding carboxylic acids is 1. The summed E-state index contributed by atoms with van der Waals surface area (Å²) >= 11 is 2.09. The van der Waals surface area contributed by atoms with Gasteiger partial charge < -0.3 is 0 Å². The minimum atomic E-state index is -2.28. The molecule has 0 fully saturated rings. The zero-order valence-electron chi connectivity index (χ0n) is 9.93. The fourth-order valence-corrected chi connectivity index (χ4v) is 3.49. The second kappa shape index (κ2) is 5.96. The number of hydrogen-bond donors (Lipinski definition) is 1. The molecule has 1 aromatic carbocycles. The van der Waals surface area contributed by atoms with Crippen molar-refractivity contribution in [2.24, 2.45) is 0 Å². The number of thiol groups is 1. The molecule has 0 spiro atoms. The molecule has 0 heterocycles. The van der Waals surface area contributed by atoms with Crippen molar-refractivity contribution in [3.8, 4) is 0 Å². The van der Waals surface area contributed by atoms with Crippen molar-refractivity contribution in [1.29, 1.82) is 0 Å². The van der Waals surface area contributed by atoms with E-state index >= 15 is 0 Å². The van der Waals surface area contributed by atoms with Gasteiger partial charge in [0.15, 0.2) is 0 Å². The van der Waals surface area contributed by atoms with E-state index in [-0.39, 0.29) is 9.24 Å². The Morgan fingerprint density at radius 2 is 1.88 bits per heavy atom. The van der Waals surface area contributed by atoms with Crippen molar-refractivity contribution in [3.05, 3.63) is 35.9 Å². The first-order chi connectivity index (χ1) is 7.41. The maximum absolute atomic E-state index is 11.7. The van der Waals surface area contributed by atoms with Crippen LogP contribution in [0.2, 0.25) is 14.8 Å². The number of esters is 1. The average molecular weight is 345 g/mol. The van der Waals surface area contributed by atoms with E-state index in [1.54, 1.807) is 0 Å². The Bertz CT molecular complexity index is 346. The van der Waals surface area contributed by atoms with E-state index in [0.717, 1.165) is 5.56 Å². The van der Waals surface area contributed by atoms with E-state index in [9.17, 15) is 4.79 Å². The molecule has 0 aliphatic heterocycles. The van der Waals surface area contributed by atoms with Crippen LogP contribution in [0, 0.1) is 0 Å². The molecule has 1 atom stereocenters. The van der Waals surface area contributed by atoms with Gasteiger partial charge in [0.2, 0.25) is 0 Å². The predicted molar refractivity (Wildman–Crippen MR) is 72.4 cm³/mol. The molecule has 0 radical (unpaired) electrons. The molecule has 0 saturated heterocycles. The van der Waals surface area contributed by atoms with Gasteiger partial charge in [0, 0.05) is 0 Å². The summed E-state index contributed by atoms with van der Waals surface area (Å²) in [6.07, 6.45) is 0. The Kier molecular flexibility index (Phi) is 5.18. The average Bonchev–Trinajstić information content (AvgIpc) is 2.25. The molecule has 1 unspecified atom stereocenters. The molecule has 0 N–H and O–H groups in total. The number of rotatable bonds is 4. The van der Waals surface area contributed by atoms with E-state index in [2.05, 4.69) is 27.4 Å². The van der Waals surface area contributed by atoms with Crippen molar-refractivity contribution in [2.75, 3.05) is 0 Å². The third kappa shape index (κ3) is 4.37. The number of ether oxygens (including phenoxy) is 1. The molecular formula is C12H18O2SSn. The first-order valence-electron chi connectivity index (χ1n) is 5.30. The van der Waals surface area contributed by atoms with Gasteiger partial charge in [-0.25, -0.2) is 0 Å². The Morgan fingerprint density at radius 3 is 2.38 bits per heavy atom. The fourth-order valence-electron chi connectivity index (χ4n) is 1.16. The fraction of sp³-hybridized carbons (Fsp3) is 0.417. The van der Waals surface area contributed by atoms with Crippen molar-refractivity contribution in [1.82, 2.24) is 0 Å². The molecule has 0 bridgehead atoms. The zero-order chi connectivity index (χ0) is 12.2. The van der Waals surface area contributed by atoms with Crippen molar-refractivity contribution in [3.63, 3.8) is 0 Å². The van der Waals surface area contributed by atoms with Gasteiger partial charge in [-0.3, -0.25) is 0 Å². The second-order valence-corrected chi connectivity index (χ2v) is 21.9. The summed E-state index contributed by atoms with van der Waals surface area (Å²) in [5, 5.41) is 0. The maximum atomic E-state index is 11.7. The van der Waals surface area contributed by atoms with Gasteiger partial charge >= 0.3 is 107 Å². The topological polar surface area (TPSA) is 26.3 Å². The van der Waals surface area contributed by atoms with Crippen LogP contribution in [0.4, 0.5) is 0 Å². The van der Waals surface area contributed by atoms with Crippen LogP contribution >= 0.6 is 12.6 Å². The Hall–Kier alpha value is -0.161. The second-order valence-electron chi connectivity index (χ2n) is 4.86. The predicted octanol–water partition coefficient (Wildman–Crippen LogP) is 2.91. The van der Waals surface area contributed by atoms with Gasteiger partial charge in [0.25, 0.3) is 0 Å². The number of benzene rings is 1. The molecule has 1 aromatic rings. The van der Waals surface area contributed by atoms with E-state index < -0.39 is 18.4 Å². The van der Waals surface area contributed by atoms with Gasteiger partial charge in [-0.05, 0) is 0 Å². The van der Waals surface area contributed by atoms with E-state index in [4.69, 9.17) is 4.74 Å². The van der Waals surface area contributed by atoms with E-state index in [1.165, 1.54) is 0 Å². The minimum absolute atomic E-state index is 0.171. The molecule has 0 aliphatic carbocycles. The van der Waals surface area contributed by atoms with Crippen molar-refractivity contribution >= 4 is 37.0 Å². The molecule has 4 heteroatoms. The van der Waals surface area contributed by atoms with Gasteiger partial charge in [-0.15, -0.1) is 0 Å². The molecule has 2 nitrogen and oxygen atoms in total. The Labute approximate surface area is 107 Å². The van der Waals surface area contributed by atoms with Gasteiger partial charge in [0.1, 0.15) is 0 Å². The van der Waals surface area contributed by atoms with Crippen LogP contribution in [0.25, 0.3) is 0 Å². The van der Waals surface area contributed by atoms with Crippen LogP contribution in [0.5, 0.6) is 0 Å². The molecule has 0 saturated carbocycles. The molecule has 0 aromatic heterocycles. The number of hydrogen-bond acceptors (Lipinski definition) is 3. The SMILES string of the molecule is [CH3][Sn]([CH3])([CH3])[CH](S)C(=O)OCc1ccccc1. The molecule has 16 heavy (non-hydrogen) atoms. The number of carbonyl (C=O) groups is 1. The molecular weight excluding hydrogens is 327 g/mol. The van der Waals surface area contributed by atoms with Crippen molar-refractivity contribution < 1.29 is 9.53 Å². The van der Waals surface area contributed by atoms with Gasteiger partial charge in [-0.1, -0.05) is 0 Å². The summed E-state index contributed by atoms with van der Waals surface area (Å²) in [6, 6.07) is 9.70. The Morgan fingerprint density at radius 1 is 1.31 bits per heavy atom. The quantitative estimate of drug-likeness (QED) is 0.516. The Balaban J connectivity index is 2.48. The summed E-state index contributed by atoms with van der Waals surface area (Å²) in [5.41, 5.74) is 1.01. The van der Waals surface area contributed by atoms with Crippen LogP contribution in [-0.4, -0.2) is 27.6 Å². The first kappa shape index (κ1) is 13.9. The van der Waals surface area contributed by atoms with Crippen molar-refractivity contribution in [2.45, 2.75) is 24.7 Å².